The summed E-state index contributed by atoms with van der Waals surface area (Å²) in [4.78, 5) is 5.80. The first-order valence-corrected chi connectivity index (χ1v) is 5.97. The van der Waals surface area contributed by atoms with Crippen molar-refractivity contribution < 1.29 is 0 Å². The Morgan fingerprint density at radius 2 is 2.00 bits per heavy atom. The third-order valence-corrected chi connectivity index (χ3v) is 3.31. The van der Waals surface area contributed by atoms with Gasteiger partial charge in [-0.3, -0.25) is 0 Å². The maximum absolute atomic E-state index is 3.45. The zero-order valence-electron chi connectivity index (χ0n) is 10.4. The van der Waals surface area contributed by atoms with Gasteiger partial charge in [0.25, 0.3) is 0 Å². The molecule has 0 saturated carbocycles. The van der Waals surface area contributed by atoms with Crippen LogP contribution in [0.15, 0.2) is 24.3 Å². The molecule has 1 heterocycles. The van der Waals surface area contributed by atoms with E-state index < -0.39 is 0 Å². The highest BCUT2D eigenvalue weighted by atomic mass is 15.1. The number of nitrogens with one attached hydrogen (secondary N) is 1. The number of nitrogens with zero attached hydrogens (tertiary/aromatic N) is 1. The molecule has 0 atom stereocenters. The number of H-pyrrole nitrogens is 1. The lowest BCUT2D eigenvalue weighted by molar-refractivity contribution is 0.358. The zero-order valence-corrected chi connectivity index (χ0v) is 10.4. The van der Waals surface area contributed by atoms with Crippen molar-refractivity contribution in [1.82, 2.24) is 9.88 Å². The molecule has 16 heavy (non-hydrogen) atoms. The fourth-order valence-corrected chi connectivity index (χ4v) is 2.12. The Balaban J connectivity index is 2.26. The molecule has 2 rings (SSSR count). The number of rotatable bonds is 4. The van der Waals surface area contributed by atoms with Crippen molar-refractivity contribution in [2.75, 3.05) is 20.1 Å². The third kappa shape index (κ3) is 2.12. The molecule has 0 radical (unpaired) electrons. The second-order valence-electron chi connectivity index (χ2n) is 4.42. The van der Waals surface area contributed by atoms with Gasteiger partial charge in [-0.25, -0.2) is 0 Å². The van der Waals surface area contributed by atoms with Gasteiger partial charge in [0, 0.05) is 23.1 Å². The predicted octanol–water partition coefficient (Wildman–Crippen LogP) is 2.97. The van der Waals surface area contributed by atoms with E-state index in [1.165, 1.54) is 22.2 Å². The van der Waals surface area contributed by atoms with Crippen molar-refractivity contribution in [3.63, 3.8) is 0 Å². The molecule has 0 fully saturated rings. The van der Waals surface area contributed by atoms with Crippen molar-refractivity contribution >= 4 is 10.9 Å². The van der Waals surface area contributed by atoms with Gasteiger partial charge in [-0.1, -0.05) is 25.1 Å². The van der Waals surface area contributed by atoms with Gasteiger partial charge in [-0.2, -0.15) is 0 Å². The number of hydrogen-bond donors (Lipinski definition) is 1. The molecule has 2 heteroatoms. The summed E-state index contributed by atoms with van der Waals surface area (Å²) in [5, 5.41) is 1.38. The highest BCUT2D eigenvalue weighted by Gasteiger charge is 2.07. The van der Waals surface area contributed by atoms with E-state index >= 15 is 0 Å². The van der Waals surface area contributed by atoms with Crippen LogP contribution in [-0.4, -0.2) is 30.0 Å². The quantitative estimate of drug-likeness (QED) is 0.832. The normalized spacial score (nSPS) is 11.5. The van der Waals surface area contributed by atoms with Crippen LogP contribution in [0.3, 0.4) is 0 Å². The number of aromatic amines is 1. The van der Waals surface area contributed by atoms with Crippen molar-refractivity contribution in [2.24, 2.45) is 0 Å². The molecule has 0 aliphatic carbocycles. The second-order valence-corrected chi connectivity index (χ2v) is 4.42. The smallest absolute Gasteiger partial charge is 0.0458 e. The predicted molar refractivity (Wildman–Crippen MR) is 69.9 cm³/mol. The van der Waals surface area contributed by atoms with E-state index in [9.17, 15) is 0 Å². The van der Waals surface area contributed by atoms with E-state index in [4.69, 9.17) is 0 Å². The molecule has 0 unspecified atom stereocenters. The van der Waals surface area contributed by atoms with Crippen molar-refractivity contribution in [1.29, 1.82) is 0 Å². The Labute approximate surface area is 97.3 Å². The maximum Gasteiger partial charge on any atom is 0.0458 e. The van der Waals surface area contributed by atoms with Crippen molar-refractivity contribution in [2.45, 2.75) is 20.3 Å². The monoisotopic (exact) mass is 216 g/mol. The second kappa shape index (κ2) is 4.71. The van der Waals surface area contributed by atoms with Crippen LogP contribution in [0.2, 0.25) is 0 Å². The number of para-hydroxylation sites is 1. The summed E-state index contributed by atoms with van der Waals surface area (Å²) in [6.45, 7) is 6.60. The fourth-order valence-electron chi connectivity index (χ4n) is 2.12. The average molecular weight is 216 g/mol. The van der Waals surface area contributed by atoms with Gasteiger partial charge >= 0.3 is 0 Å². The fraction of sp³-hybridized carbons (Fsp3) is 0.429. The molecule has 2 aromatic rings. The molecule has 86 valence electrons. The summed E-state index contributed by atoms with van der Waals surface area (Å²) in [7, 11) is 2.17. The van der Waals surface area contributed by atoms with Crippen LogP contribution in [0.4, 0.5) is 0 Å². The standard InChI is InChI=1S/C14H20N2/c1-4-16(3)10-9-12-11(2)15-14-8-6-5-7-13(12)14/h5-8,15H,4,9-10H2,1-3H3. The van der Waals surface area contributed by atoms with Crippen LogP contribution < -0.4 is 0 Å². The number of hydrogen-bond acceptors (Lipinski definition) is 1. The van der Waals surface area contributed by atoms with Crippen LogP contribution in [0.25, 0.3) is 10.9 Å². The first-order chi connectivity index (χ1) is 7.72. The van der Waals surface area contributed by atoms with E-state index in [1.807, 2.05) is 0 Å². The third-order valence-electron chi connectivity index (χ3n) is 3.31. The largest absolute Gasteiger partial charge is 0.358 e. The number of fused-ring (bicyclic) bond motifs is 1. The highest BCUT2D eigenvalue weighted by molar-refractivity contribution is 5.84. The molecule has 0 spiro atoms. The summed E-state index contributed by atoms with van der Waals surface area (Å²) in [5.74, 6) is 0. The Bertz CT molecular complexity index is 471. The zero-order chi connectivity index (χ0) is 11.5. The molecular formula is C14H20N2. The lowest BCUT2D eigenvalue weighted by atomic mass is 10.1. The van der Waals surface area contributed by atoms with Gasteiger partial charge < -0.3 is 9.88 Å². The highest BCUT2D eigenvalue weighted by Crippen LogP contribution is 2.22. The maximum atomic E-state index is 3.45. The Hall–Kier alpha value is -1.28. The van der Waals surface area contributed by atoms with Gasteiger partial charge in [0.05, 0.1) is 0 Å². The molecule has 1 N–H and O–H groups in total. The topological polar surface area (TPSA) is 19.0 Å². The number of likely N-dealkylation sites (N-methyl/N-ethyl adjacent to an activating group) is 1. The van der Waals surface area contributed by atoms with Gasteiger partial charge in [0.2, 0.25) is 0 Å². The van der Waals surface area contributed by atoms with Gasteiger partial charge in [0.1, 0.15) is 0 Å². The minimum absolute atomic E-state index is 1.11. The van der Waals surface area contributed by atoms with Crippen LogP contribution >= 0.6 is 0 Å². The molecule has 1 aromatic heterocycles. The molecule has 0 aliphatic heterocycles. The average Bonchev–Trinajstić information content (AvgIpc) is 2.62. The van der Waals surface area contributed by atoms with Gasteiger partial charge in [0.15, 0.2) is 0 Å². The molecule has 2 nitrogen and oxygen atoms in total. The van der Waals surface area contributed by atoms with Crippen LogP contribution in [0.5, 0.6) is 0 Å². The Morgan fingerprint density at radius 3 is 2.75 bits per heavy atom. The molecule has 0 amide bonds. The summed E-state index contributed by atoms with van der Waals surface area (Å²) >= 11 is 0. The summed E-state index contributed by atoms with van der Waals surface area (Å²) < 4.78 is 0. The summed E-state index contributed by atoms with van der Waals surface area (Å²) in [6, 6.07) is 8.55. The lowest BCUT2D eigenvalue weighted by Crippen LogP contribution is -2.20. The van der Waals surface area contributed by atoms with Gasteiger partial charge in [-0.05, 0) is 38.6 Å². The molecular weight excluding hydrogens is 196 g/mol. The van der Waals surface area contributed by atoms with Crippen molar-refractivity contribution in [3.8, 4) is 0 Å². The van der Waals surface area contributed by atoms with Gasteiger partial charge in [-0.15, -0.1) is 0 Å². The number of benzene rings is 1. The Morgan fingerprint density at radius 1 is 1.25 bits per heavy atom. The molecule has 1 aromatic carbocycles. The minimum Gasteiger partial charge on any atom is -0.358 e. The molecule has 0 aliphatic rings. The minimum atomic E-state index is 1.11. The van der Waals surface area contributed by atoms with Crippen LogP contribution in [0, 0.1) is 6.92 Å². The van der Waals surface area contributed by atoms with E-state index in [2.05, 4.69) is 55.0 Å². The first kappa shape index (κ1) is 11.2. The first-order valence-electron chi connectivity index (χ1n) is 5.97. The van der Waals surface area contributed by atoms with E-state index in [0.29, 0.717) is 0 Å². The lowest BCUT2D eigenvalue weighted by Gasteiger charge is -2.13. The molecule has 0 bridgehead atoms. The SMILES string of the molecule is CCN(C)CCc1c(C)[nH]c2ccccc12. The van der Waals surface area contributed by atoms with E-state index in [1.54, 1.807) is 0 Å². The van der Waals surface area contributed by atoms with Crippen molar-refractivity contribution in [3.05, 3.63) is 35.5 Å². The van der Waals surface area contributed by atoms with E-state index in [0.717, 1.165) is 19.5 Å². The molecule has 0 saturated heterocycles. The van der Waals surface area contributed by atoms with Crippen LogP contribution in [0.1, 0.15) is 18.2 Å². The summed E-state index contributed by atoms with van der Waals surface area (Å²) in [6.07, 6.45) is 1.13. The number of aromatic nitrogens is 1. The summed E-state index contributed by atoms with van der Waals surface area (Å²) in [5.41, 5.74) is 4.04. The van der Waals surface area contributed by atoms with Crippen LogP contribution in [-0.2, 0) is 6.42 Å². The van der Waals surface area contributed by atoms with E-state index in [-0.39, 0.29) is 0 Å². The number of aryl methyl sites for hydroxylation is 1. The Kier molecular flexibility index (Phi) is 3.30.